The molecular weight excluding hydrogens is 398 g/mol. The molecule has 1 aromatic heterocycles. The van der Waals surface area contributed by atoms with E-state index < -0.39 is 51.8 Å². The van der Waals surface area contributed by atoms with Crippen LogP contribution in [0.3, 0.4) is 0 Å². The molecule has 5 N–H and O–H groups in total. The van der Waals surface area contributed by atoms with E-state index in [2.05, 4.69) is 13.8 Å². The zero-order valence-corrected chi connectivity index (χ0v) is 15.2. The van der Waals surface area contributed by atoms with Gasteiger partial charge in [-0.2, -0.15) is 4.31 Å². The number of aromatic amines is 1. The first kappa shape index (κ1) is 21.2. The number of hydrogen-bond acceptors (Lipinski definition) is 8. The maximum Gasteiger partial charge on any atom is 0.481 e. The molecule has 2 heterocycles. The molecule has 0 spiro atoms. The third-order valence-electron chi connectivity index (χ3n) is 3.50. The summed E-state index contributed by atoms with van der Waals surface area (Å²) in [5, 5.41) is 9.92. The topological polar surface area (TPSA) is 198 Å². The Bertz CT molecular complexity index is 858. The van der Waals surface area contributed by atoms with Crippen LogP contribution in [0.5, 0.6) is 0 Å². The van der Waals surface area contributed by atoms with E-state index in [0.29, 0.717) is 5.56 Å². The molecule has 2 rings (SSSR count). The third-order valence-corrected chi connectivity index (χ3v) is 5.65. The maximum absolute atomic E-state index is 11.7. The molecule has 1 aliphatic heterocycles. The molecule has 1 aromatic rings. The van der Waals surface area contributed by atoms with Crippen molar-refractivity contribution in [2.45, 2.75) is 38.2 Å². The minimum absolute atomic E-state index is 0.000217. The van der Waals surface area contributed by atoms with Crippen molar-refractivity contribution in [3.63, 3.8) is 0 Å². The quantitative estimate of drug-likeness (QED) is 0.327. The van der Waals surface area contributed by atoms with Crippen molar-refractivity contribution in [2.24, 2.45) is 0 Å². The first-order valence-electron chi connectivity index (χ1n) is 7.24. The van der Waals surface area contributed by atoms with Crippen LogP contribution < -0.4 is 11.2 Å². The smallest absolute Gasteiger partial charge is 0.390 e. The van der Waals surface area contributed by atoms with Gasteiger partial charge in [0.25, 0.3) is 5.56 Å². The van der Waals surface area contributed by atoms with Gasteiger partial charge in [0.2, 0.25) is 0 Å². The van der Waals surface area contributed by atoms with Crippen molar-refractivity contribution in [1.82, 2.24) is 9.55 Å². The normalized spacial score (nSPS) is 26.0. The first-order chi connectivity index (χ1) is 11.9. The van der Waals surface area contributed by atoms with Gasteiger partial charge in [0, 0.05) is 18.2 Å². The fourth-order valence-electron chi connectivity index (χ4n) is 2.38. The number of aliphatic hydroxyl groups excluding tert-OH is 1. The number of ether oxygens (including phenoxy) is 1. The van der Waals surface area contributed by atoms with Crippen molar-refractivity contribution < 1.29 is 42.5 Å². The highest BCUT2D eigenvalue weighted by atomic mass is 31.3. The van der Waals surface area contributed by atoms with Crippen LogP contribution in [0.25, 0.3) is 0 Å². The minimum Gasteiger partial charge on any atom is -0.390 e. The number of nitrogens with one attached hydrogen (secondary N) is 1. The molecule has 1 aliphatic rings. The molecule has 0 amide bonds. The van der Waals surface area contributed by atoms with E-state index in [4.69, 9.17) is 14.5 Å². The lowest BCUT2D eigenvalue weighted by atomic mass is 10.1. The van der Waals surface area contributed by atoms with Crippen LogP contribution in [0.4, 0.5) is 0 Å². The summed E-state index contributed by atoms with van der Waals surface area (Å²) in [6.45, 7) is 0.834. The summed E-state index contributed by atoms with van der Waals surface area (Å²) in [5.41, 5.74) is -0.874. The number of H-pyrrole nitrogens is 1. The molecule has 1 fully saturated rings. The van der Waals surface area contributed by atoms with Crippen LogP contribution in [0, 0.1) is 6.92 Å². The number of phosphoric acid groups is 2. The van der Waals surface area contributed by atoms with Crippen molar-refractivity contribution in [3.05, 3.63) is 32.6 Å². The molecule has 1 saturated heterocycles. The first-order valence-corrected chi connectivity index (χ1v) is 10.3. The summed E-state index contributed by atoms with van der Waals surface area (Å²) in [6.07, 6.45) is -1.47. The Labute approximate surface area is 146 Å². The Hall–Kier alpha value is -1.14. The Morgan fingerprint density at radius 3 is 2.62 bits per heavy atom. The summed E-state index contributed by atoms with van der Waals surface area (Å²) in [7, 11) is -10.3. The molecule has 0 aromatic carbocycles. The highest BCUT2D eigenvalue weighted by Crippen LogP contribution is 2.57. The molecule has 0 radical (unpaired) electrons. The predicted molar refractivity (Wildman–Crippen MR) is 84.3 cm³/mol. The summed E-state index contributed by atoms with van der Waals surface area (Å²) < 4.78 is 36.6. The van der Waals surface area contributed by atoms with E-state index in [0.717, 1.165) is 0 Å². The molecule has 148 valence electrons. The van der Waals surface area contributed by atoms with Gasteiger partial charge in [-0.1, -0.05) is 0 Å². The Balaban J connectivity index is 1.96. The number of nitrogens with zero attached hydrogens (tertiary/aromatic N) is 1. The second-order valence-electron chi connectivity index (χ2n) is 5.66. The van der Waals surface area contributed by atoms with Gasteiger partial charge in [-0.15, -0.1) is 0 Å². The summed E-state index contributed by atoms with van der Waals surface area (Å²) >= 11 is 0. The van der Waals surface area contributed by atoms with E-state index in [-0.39, 0.29) is 13.0 Å². The van der Waals surface area contributed by atoms with Crippen LogP contribution in [-0.4, -0.2) is 54.3 Å². The predicted octanol–water partition coefficient (Wildman–Crippen LogP) is -1.41. The van der Waals surface area contributed by atoms with Gasteiger partial charge in [0.15, 0.2) is 0 Å². The Morgan fingerprint density at radius 1 is 1.35 bits per heavy atom. The Morgan fingerprint density at radius 2 is 2.00 bits per heavy atom. The van der Waals surface area contributed by atoms with Crippen molar-refractivity contribution in [1.29, 1.82) is 0 Å². The monoisotopic (exact) mass is 416 g/mol. The molecule has 26 heavy (non-hydrogen) atoms. The van der Waals surface area contributed by atoms with Crippen molar-refractivity contribution >= 4 is 15.6 Å². The van der Waals surface area contributed by atoms with Crippen LogP contribution in [0.15, 0.2) is 15.8 Å². The second kappa shape index (κ2) is 7.85. The van der Waals surface area contributed by atoms with E-state index in [9.17, 15) is 28.7 Å². The van der Waals surface area contributed by atoms with Crippen molar-refractivity contribution in [2.75, 3.05) is 6.61 Å². The molecule has 0 aliphatic carbocycles. The average Bonchev–Trinajstić information content (AvgIpc) is 2.80. The van der Waals surface area contributed by atoms with Gasteiger partial charge < -0.3 is 24.5 Å². The van der Waals surface area contributed by atoms with E-state index in [1.165, 1.54) is 17.7 Å². The highest BCUT2D eigenvalue weighted by molar-refractivity contribution is 7.60. The molecule has 4 atom stereocenters. The standard InChI is InChI=1S/C11H18N2O11P2/c1-6-3-13(11(16)12-10(6)15)4-7-2-8(14)9(23-7)5-22-26(20,21)24-25(17,18)19/h3,7-9,14H,2,4-5H2,1H3,(H,20,21)(H,12,15,16)(H2,17,18,19)/t7-,8-,9-/m1/s1. The van der Waals surface area contributed by atoms with Gasteiger partial charge >= 0.3 is 21.3 Å². The third kappa shape index (κ3) is 5.95. The molecule has 0 saturated carbocycles. The molecular formula is C11H18N2O11P2. The number of rotatable bonds is 7. The number of hydrogen-bond donors (Lipinski definition) is 5. The largest absolute Gasteiger partial charge is 0.481 e. The van der Waals surface area contributed by atoms with E-state index in [1.807, 2.05) is 0 Å². The number of aliphatic hydroxyl groups is 1. The van der Waals surface area contributed by atoms with Crippen molar-refractivity contribution in [3.8, 4) is 0 Å². The van der Waals surface area contributed by atoms with Gasteiger partial charge in [-0.05, 0) is 6.92 Å². The maximum atomic E-state index is 11.7. The molecule has 1 unspecified atom stereocenters. The highest BCUT2D eigenvalue weighted by Gasteiger charge is 2.38. The van der Waals surface area contributed by atoms with Gasteiger partial charge in [-0.25, -0.2) is 13.9 Å². The molecule has 13 nitrogen and oxygen atoms in total. The zero-order valence-electron chi connectivity index (χ0n) is 13.4. The summed E-state index contributed by atoms with van der Waals surface area (Å²) in [4.78, 5) is 51.4. The van der Waals surface area contributed by atoms with Crippen LogP contribution in [0.1, 0.15) is 12.0 Å². The van der Waals surface area contributed by atoms with E-state index in [1.54, 1.807) is 0 Å². The average molecular weight is 416 g/mol. The van der Waals surface area contributed by atoms with Crippen LogP contribution in [0.2, 0.25) is 0 Å². The summed E-state index contributed by atoms with van der Waals surface area (Å²) in [6, 6.07) is 0. The lowest BCUT2D eigenvalue weighted by Crippen LogP contribution is -2.34. The minimum atomic E-state index is -5.24. The molecule has 0 bridgehead atoms. The number of phosphoric ester groups is 1. The number of aromatic nitrogens is 2. The fraction of sp³-hybridized carbons (Fsp3) is 0.636. The van der Waals surface area contributed by atoms with Crippen LogP contribution >= 0.6 is 15.6 Å². The lowest BCUT2D eigenvalue weighted by Gasteiger charge is -2.18. The lowest BCUT2D eigenvalue weighted by molar-refractivity contribution is -0.0255. The van der Waals surface area contributed by atoms with Crippen LogP contribution in [-0.2, 0) is 29.2 Å². The molecule has 15 heteroatoms. The SMILES string of the molecule is Cc1cn(C[C@H]2C[C@@H](O)[C@@H](COP(=O)(O)OP(=O)(O)O)O2)c(=O)[nH]c1=O. The van der Waals surface area contributed by atoms with Gasteiger partial charge in [0.1, 0.15) is 6.10 Å². The van der Waals surface area contributed by atoms with Gasteiger partial charge in [0.05, 0.1) is 25.4 Å². The van der Waals surface area contributed by atoms with E-state index >= 15 is 0 Å². The zero-order chi connectivity index (χ0) is 19.7. The number of aryl methyl sites for hydroxylation is 1. The Kier molecular flexibility index (Phi) is 6.39. The van der Waals surface area contributed by atoms with Gasteiger partial charge in [-0.3, -0.25) is 18.9 Å². The summed E-state index contributed by atoms with van der Waals surface area (Å²) in [5.74, 6) is 0. The second-order valence-corrected chi connectivity index (χ2v) is 8.49. The fourth-order valence-corrected chi connectivity index (χ4v) is 3.98.